The molecule has 0 bridgehead atoms. The summed E-state index contributed by atoms with van der Waals surface area (Å²) in [5, 5.41) is 3.87. The number of carbonyl (C=O) groups excluding carboxylic acids is 1. The molecule has 2 rings (SSSR count). The lowest BCUT2D eigenvalue weighted by molar-refractivity contribution is 0.102. The van der Waals surface area contributed by atoms with Crippen LogP contribution in [0.2, 0.25) is 0 Å². The average Bonchev–Trinajstić information content (AvgIpc) is 2.77. The number of carbonyl (C=O) groups is 1. The first-order valence-electron chi connectivity index (χ1n) is 6.41. The highest BCUT2D eigenvalue weighted by Crippen LogP contribution is 2.14. The second kappa shape index (κ2) is 6.23. The number of hydrogen-bond donors (Lipinski definition) is 0. The molecular weight excluding hydrogens is 256 g/mol. The first-order chi connectivity index (χ1) is 9.58. The monoisotopic (exact) mass is 274 g/mol. The standard InChI is InChI=1S/C15H18N2O3/c1-11-14(12(2)20-16-11)9-17(3)15(18)19-10-13-7-5-4-6-8-13/h4-8H,9-10H2,1-3H3. The lowest BCUT2D eigenvalue weighted by Gasteiger charge is -2.16. The fourth-order valence-corrected chi connectivity index (χ4v) is 1.86. The molecule has 106 valence electrons. The van der Waals surface area contributed by atoms with E-state index in [1.165, 1.54) is 4.90 Å². The molecule has 0 aliphatic heterocycles. The molecular formula is C15H18N2O3. The van der Waals surface area contributed by atoms with Gasteiger partial charge in [-0.25, -0.2) is 4.79 Å². The molecule has 5 heteroatoms. The van der Waals surface area contributed by atoms with Crippen LogP contribution in [0, 0.1) is 13.8 Å². The van der Waals surface area contributed by atoms with E-state index < -0.39 is 0 Å². The van der Waals surface area contributed by atoms with Crippen LogP contribution < -0.4 is 0 Å². The van der Waals surface area contributed by atoms with Crippen LogP contribution >= 0.6 is 0 Å². The number of amides is 1. The van der Waals surface area contributed by atoms with Gasteiger partial charge >= 0.3 is 6.09 Å². The number of hydrogen-bond acceptors (Lipinski definition) is 4. The second-order valence-corrected chi connectivity index (χ2v) is 4.70. The minimum absolute atomic E-state index is 0.269. The van der Waals surface area contributed by atoms with Crippen molar-refractivity contribution in [3.63, 3.8) is 0 Å². The van der Waals surface area contributed by atoms with Crippen molar-refractivity contribution in [2.75, 3.05) is 7.05 Å². The number of ether oxygens (including phenoxy) is 1. The Hall–Kier alpha value is -2.30. The summed E-state index contributed by atoms with van der Waals surface area (Å²) in [6.07, 6.45) is -0.367. The van der Waals surface area contributed by atoms with E-state index in [0.717, 1.165) is 22.6 Å². The Morgan fingerprint density at radius 1 is 1.30 bits per heavy atom. The van der Waals surface area contributed by atoms with Crippen LogP contribution in [0.3, 0.4) is 0 Å². The summed E-state index contributed by atoms with van der Waals surface area (Å²) in [4.78, 5) is 13.4. The molecule has 0 radical (unpaired) electrons. The lowest BCUT2D eigenvalue weighted by atomic mass is 10.2. The zero-order valence-electron chi connectivity index (χ0n) is 11.9. The summed E-state index contributed by atoms with van der Waals surface area (Å²) >= 11 is 0. The Balaban J connectivity index is 1.89. The first-order valence-corrected chi connectivity index (χ1v) is 6.41. The Bertz CT molecular complexity index is 559. The van der Waals surface area contributed by atoms with Crippen LogP contribution in [0.4, 0.5) is 4.79 Å². The molecule has 0 saturated heterocycles. The minimum atomic E-state index is -0.367. The molecule has 0 unspecified atom stereocenters. The zero-order valence-corrected chi connectivity index (χ0v) is 11.9. The first kappa shape index (κ1) is 14.1. The van der Waals surface area contributed by atoms with Gasteiger partial charge < -0.3 is 14.2 Å². The van der Waals surface area contributed by atoms with Gasteiger partial charge in [0.25, 0.3) is 0 Å². The van der Waals surface area contributed by atoms with Gasteiger partial charge in [-0.15, -0.1) is 0 Å². The van der Waals surface area contributed by atoms with E-state index in [-0.39, 0.29) is 12.7 Å². The summed E-state index contributed by atoms with van der Waals surface area (Å²) in [6, 6.07) is 9.59. The molecule has 0 N–H and O–H groups in total. The van der Waals surface area contributed by atoms with Gasteiger partial charge in [-0.3, -0.25) is 0 Å². The van der Waals surface area contributed by atoms with Crippen LogP contribution in [-0.2, 0) is 17.9 Å². The summed E-state index contributed by atoms with van der Waals surface area (Å²) in [7, 11) is 1.69. The Kier molecular flexibility index (Phi) is 4.40. The number of rotatable bonds is 4. The summed E-state index contributed by atoms with van der Waals surface area (Å²) in [5.41, 5.74) is 2.68. The lowest BCUT2D eigenvalue weighted by Crippen LogP contribution is -2.27. The van der Waals surface area contributed by atoms with Crippen molar-refractivity contribution in [2.45, 2.75) is 27.0 Å². The normalized spacial score (nSPS) is 10.3. The Labute approximate surface area is 118 Å². The van der Waals surface area contributed by atoms with E-state index in [1.54, 1.807) is 7.05 Å². The molecule has 1 amide bonds. The van der Waals surface area contributed by atoms with E-state index in [2.05, 4.69) is 5.16 Å². The van der Waals surface area contributed by atoms with Crippen molar-refractivity contribution < 1.29 is 14.1 Å². The number of aryl methyl sites for hydroxylation is 2. The van der Waals surface area contributed by atoms with Gasteiger partial charge in [-0.2, -0.15) is 0 Å². The van der Waals surface area contributed by atoms with Gasteiger partial charge in [0.05, 0.1) is 12.2 Å². The van der Waals surface area contributed by atoms with Crippen molar-refractivity contribution in [3.8, 4) is 0 Å². The summed E-state index contributed by atoms with van der Waals surface area (Å²) in [5.74, 6) is 0.727. The number of benzene rings is 1. The Morgan fingerprint density at radius 3 is 2.60 bits per heavy atom. The van der Waals surface area contributed by atoms with E-state index in [9.17, 15) is 4.79 Å². The van der Waals surface area contributed by atoms with Gasteiger partial charge in [0, 0.05) is 12.6 Å². The van der Waals surface area contributed by atoms with Crippen molar-refractivity contribution in [2.24, 2.45) is 0 Å². The highest BCUT2D eigenvalue weighted by Gasteiger charge is 2.16. The van der Waals surface area contributed by atoms with Gasteiger partial charge in [-0.1, -0.05) is 35.5 Å². The Morgan fingerprint density at radius 2 is 2.00 bits per heavy atom. The summed E-state index contributed by atoms with van der Waals surface area (Å²) in [6.45, 7) is 4.38. The number of aromatic nitrogens is 1. The summed E-state index contributed by atoms with van der Waals surface area (Å²) < 4.78 is 10.3. The molecule has 1 aromatic heterocycles. The smallest absolute Gasteiger partial charge is 0.410 e. The van der Waals surface area contributed by atoms with Gasteiger partial charge in [-0.05, 0) is 19.4 Å². The molecule has 0 fully saturated rings. The SMILES string of the molecule is Cc1noc(C)c1CN(C)C(=O)OCc1ccccc1. The van der Waals surface area contributed by atoms with Gasteiger partial charge in [0.2, 0.25) is 0 Å². The van der Waals surface area contributed by atoms with Crippen LogP contribution in [0.5, 0.6) is 0 Å². The van der Waals surface area contributed by atoms with E-state index >= 15 is 0 Å². The van der Waals surface area contributed by atoms with Crippen LogP contribution in [0.1, 0.15) is 22.6 Å². The molecule has 2 aromatic rings. The van der Waals surface area contributed by atoms with Crippen molar-refractivity contribution in [1.29, 1.82) is 0 Å². The maximum Gasteiger partial charge on any atom is 0.410 e. The largest absolute Gasteiger partial charge is 0.445 e. The van der Waals surface area contributed by atoms with E-state index in [1.807, 2.05) is 44.2 Å². The maximum absolute atomic E-state index is 11.9. The molecule has 0 atom stereocenters. The third-order valence-corrected chi connectivity index (χ3v) is 3.09. The van der Waals surface area contributed by atoms with E-state index in [4.69, 9.17) is 9.26 Å². The van der Waals surface area contributed by atoms with Crippen molar-refractivity contribution in [1.82, 2.24) is 10.1 Å². The van der Waals surface area contributed by atoms with Crippen molar-refractivity contribution in [3.05, 3.63) is 52.9 Å². The van der Waals surface area contributed by atoms with E-state index in [0.29, 0.717) is 6.54 Å². The van der Waals surface area contributed by atoms with Crippen LogP contribution in [0.25, 0.3) is 0 Å². The zero-order chi connectivity index (χ0) is 14.5. The minimum Gasteiger partial charge on any atom is -0.445 e. The molecule has 0 saturated carbocycles. The fourth-order valence-electron chi connectivity index (χ4n) is 1.86. The second-order valence-electron chi connectivity index (χ2n) is 4.70. The van der Waals surface area contributed by atoms with Gasteiger partial charge in [0.1, 0.15) is 12.4 Å². The fraction of sp³-hybridized carbons (Fsp3) is 0.333. The molecule has 20 heavy (non-hydrogen) atoms. The third kappa shape index (κ3) is 3.38. The quantitative estimate of drug-likeness (QED) is 0.859. The topological polar surface area (TPSA) is 55.6 Å². The van der Waals surface area contributed by atoms with Crippen LogP contribution in [-0.4, -0.2) is 23.2 Å². The molecule has 0 spiro atoms. The highest BCUT2D eigenvalue weighted by atomic mass is 16.6. The maximum atomic E-state index is 11.9. The molecule has 0 aliphatic rings. The number of nitrogens with zero attached hydrogens (tertiary/aromatic N) is 2. The van der Waals surface area contributed by atoms with Crippen LogP contribution in [0.15, 0.2) is 34.9 Å². The highest BCUT2D eigenvalue weighted by molar-refractivity contribution is 5.67. The molecule has 0 aliphatic carbocycles. The molecule has 1 heterocycles. The predicted molar refractivity (Wildman–Crippen MR) is 74.1 cm³/mol. The van der Waals surface area contributed by atoms with Gasteiger partial charge in [0.15, 0.2) is 0 Å². The molecule has 5 nitrogen and oxygen atoms in total. The average molecular weight is 274 g/mol. The predicted octanol–water partition coefficient (Wildman–Crippen LogP) is 3.06. The molecule has 1 aromatic carbocycles. The van der Waals surface area contributed by atoms with Crippen molar-refractivity contribution >= 4 is 6.09 Å². The third-order valence-electron chi connectivity index (χ3n) is 3.09.